The predicted octanol–water partition coefficient (Wildman–Crippen LogP) is 3.69. The van der Waals surface area contributed by atoms with Crippen LogP contribution in [0.1, 0.15) is 28.2 Å². The summed E-state index contributed by atoms with van der Waals surface area (Å²) < 4.78 is 0. The standard InChI is InChI=1S/C17H19ClN2O2S/c1-12(13-6-4-7-14(18)10-13)20(3)16(21)11-19(2)17(22)15-8-5-9-23-15/h4-10,12H,11H2,1-3H3. The fraction of sp³-hybridized carbons (Fsp3) is 0.294. The summed E-state index contributed by atoms with van der Waals surface area (Å²) in [5.41, 5.74) is 0.959. The van der Waals surface area contributed by atoms with Crippen LogP contribution in [0.2, 0.25) is 5.02 Å². The molecular formula is C17H19ClN2O2S. The summed E-state index contributed by atoms with van der Waals surface area (Å²) in [6.45, 7) is 1.97. The van der Waals surface area contributed by atoms with Crippen molar-refractivity contribution in [3.63, 3.8) is 0 Å². The normalized spacial score (nSPS) is 11.8. The first-order valence-corrected chi connectivity index (χ1v) is 8.46. The molecule has 0 spiro atoms. The molecule has 0 aliphatic carbocycles. The molecular weight excluding hydrogens is 332 g/mol. The Bertz CT molecular complexity index is 688. The van der Waals surface area contributed by atoms with Gasteiger partial charge in [-0.1, -0.05) is 29.8 Å². The van der Waals surface area contributed by atoms with Crippen molar-refractivity contribution >= 4 is 34.8 Å². The monoisotopic (exact) mass is 350 g/mol. The van der Waals surface area contributed by atoms with Gasteiger partial charge in [0.05, 0.1) is 17.5 Å². The number of likely N-dealkylation sites (N-methyl/N-ethyl adjacent to an activating group) is 2. The maximum absolute atomic E-state index is 12.4. The summed E-state index contributed by atoms with van der Waals surface area (Å²) in [7, 11) is 3.37. The lowest BCUT2D eigenvalue weighted by molar-refractivity contribution is -0.132. The Morgan fingerprint density at radius 2 is 1.96 bits per heavy atom. The Labute approximate surface area is 145 Å². The fourth-order valence-corrected chi connectivity index (χ4v) is 3.10. The maximum Gasteiger partial charge on any atom is 0.264 e. The van der Waals surface area contributed by atoms with E-state index in [1.165, 1.54) is 16.2 Å². The average molecular weight is 351 g/mol. The summed E-state index contributed by atoms with van der Waals surface area (Å²) in [4.78, 5) is 28.3. The highest BCUT2D eigenvalue weighted by atomic mass is 35.5. The Kier molecular flexibility index (Phi) is 5.80. The largest absolute Gasteiger partial charge is 0.337 e. The van der Waals surface area contributed by atoms with Gasteiger partial charge in [-0.05, 0) is 36.1 Å². The summed E-state index contributed by atoms with van der Waals surface area (Å²) in [6.07, 6.45) is 0. The van der Waals surface area contributed by atoms with Crippen molar-refractivity contribution in [3.05, 3.63) is 57.2 Å². The highest BCUT2D eigenvalue weighted by Gasteiger charge is 2.21. The molecule has 2 aromatic rings. The molecule has 1 aromatic carbocycles. The van der Waals surface area contributed by atoms with Gasteiger partial charge in [0.25, 0.3) is 5.91 Å². The van der Waals surface area contributed by atoms with Crippen molar-refractivity contribution in [2.24, 2.45) is 0 Å². The van der Waals surface area contributed by atoms with Gasteiger partial charge in [-0.15, -0.1) is 11.3 Å². The number of carbonyl (C=O) groups excluding carboxylic acids is 2. The van der Waals surface area contributed by atoms with Crippen LogP contribution in [-0.2, 0) is 4.79 Å². The third kappa shape index (κ3) is 4.33. The number of halogens is 1. The van der Waals surface area contributed by atoms with E-state index in [2.05, 4.69) is 0 Å². The van der Waals surface area contributed by atoms with Gasteiger partial charge in [0.15, 0.2) is 0 Å². The van der Waals surface area contributed by atoms with E-state index < -0.39 is 0 Å². The van der Waals surface area contributed by atoms with Crippen molar-refractivity contribution in [1.29, 1.82) is 0 Å². The molecule has 0 saturated heterocycles. The lowest BCUT2D eigenvalue weighted by Gasteiger charge is -2.27. The van der Waals surface area contributed by atoms with Gasteiger partial charge in [-0.2, -0.15) is 0 Å². The Hall–Kier alpha value is -1.85. The number of hydrogen-bond acceptors (Lipinski definition) is 3. The highest BCUT2D eigenvalue weighted by Crippen LogP contribution is 2.22. The molecule has 0 saturated carbocycles. The minimum Gasteiger partial charge on any atom is -0.337 e. The number of rotatable bonds is 5. The summed E-state index contributed by atoms with van der Waals surface area (Å²) in [5.74, 6) is -0.262. The van der Waals surface area contributed by atoms with Crippen molar-refractivity contribution < 1.29 is 9.59 Å². The molecule has 1 aromatic heterocycles. The van der Waals surface area contributed by atoms with Gasteiger partial charge >= 0.3 is 0 Å². The SMILES string of the molecule is CC(c1cccc(Cl)c1)N(C)C(=O)CN(C)C(=O)c1cccs1. The van der Waals surface area contributed by atoms with Crippen LogP contribution in [0.15, 0.2) is 41.8 Å². The first-order chi connectivity index (χ1) is 10.9. The van der Waals surface area contributed by atoms with Gasteiger partial charge in [0, 0.05) is 19.1 Å². The number of hydrogen-bond donors (Lipinski definition) is 0. The van der Waals surface area contributed by atoms with E-state index in [9.17, 15) is 9.59 Å². The van der Waals surface area contributed by atoms with E-state index in [0.717, 1.165) is 5.56 Å². The number of benzene rings is 1. The average Bonchev–Trinajstić information content (AvgIpc) is 3.06. The molecule has 2 amide bonds. The molecule has 122 valence electrons. The second kappa shape index (κ2) is 7.62. The molecule has 4 nitrogen and oxygen atoms in total. The molecule has 1 heterocycles. The van der Waals surface area contributed by atoms with Crippen LogP contribution in [0.4, 0.5) is 0 Å². The number of thiophene rings is 1. The number of amides is 2. The first-order valence-electron chi connectivity index (χ1n) is 7.20. The molecule has 0 N–H and O–H groups in total. The minimum atomic E-state index is -0.142. The second-order valence-electron chi connectivity index (χ2n) is 5.37. The molecule has 0 aliphatic rings. The maximum atomic E-state index is 12.4. The molecule has 1 atom stereocenters. The number of carbonyl (C=O) groups is 2. The van der Waals surface area contributed by atoms with Crippen molar-refractivity contribution in [2.75, 3.05) is 20.6 Å². The zero-order valence-electron chi connectivity index (χ0n) is 13.3. The van der Waals surface area contributed by atoms with E-state index >= 15 is 0 Å². The third-order valence-electron chi connectivity index (χ3n) is 3.76. The van der Waals surface area contributed by atoms with E-state index in [0.29, 0.717) is 9.90 Å². The Morgan fingerprint density at radius 1 is 1.22 bits per heavy atom. The molecule has 0 bridgehead atoms. The summed E-state index contributed by atoms with van der Waals surface area (Å²) in [6, 6.07) is 10.9. The van der Waals surface area contributed by atoms with Gasteiger partial charge in [-0.3, -0.25) is 9.59 Å². The predicted molar refractivity (Wildman–Crippen MR) is 93.9 cm³/mol. The van der Waals surface area contributed by atoms with Crippen LogP contribution in [-0.4, -0.2) is 42.3 Å². The van der Waals surface area contributed by atoms with E-state index in [-0.39, 0.29) is 24.4 Å². The minimum absolute atomic E-state index is 0.0398. The fourth-order valence-electron chi connectivity index (χ4n) is 2.18. The third-order valence-corrected chi connectivity index (χ3v) is 4.85. The lowest BCUT2D eigenvalue weighted by atomic mass is 10.1. The van der Waals surface area contributed by atoms with E-state index in [1.54, 1.807) is 31.1 Å². The quantitative estimate of drug-likeness (QED) is 0.825. The number of nitrogens with zero attached hydrogens (tertiary/aromatic N) is 2. The zero-order chi connectivity index (χ0) is 17.0. The lowest BCUT2D eigenvalue weighted by Crippen LogP contribution is -2.40. The molecule has 1 unspecified atom stereocenters. The second-order valence-corrected chi connectivity index (χ2v) is 6.76. The van der Waals surface area contributed by atoms with Crippen LogP contribution in [0.5, 0.6) is 0 Å². The molecule has 0 aliphatic heterocycles. The first kappa shape index (κ1) is 17.5. The van der Waals surface area contributed by atoms with E-state index in [4.69, 9.17) is 11.6 Å². The smallest absolute Gasteiger partial charge is 0.264 e. The Morgan fingerprint density at radius 3 is 2.57 bits per heavy atom. The topological polar surface area (TPSA) is 40.6 Å². The Balaban J connectivity index is 2.00. The highest BCUT2D eigenvalue weighted by molar-refractivity contribution is 7.12. The van der Waals surface area contributed by atoms with Crippen LogP contribution >= 0.6 is 22.9 Å². The molecule has 23 heavy (non-hydrogen) atoms. The summed E-state index contributed by atoms with van der Waals surface area (Å²) >= 11 is 7.37. The van der Waals surface area contributed by atoms with Gasteiger partial charge < -0.3 is 9.80 Å². The van der Waals surface area contributed by atoms with Gasteiger partial charge in [-0.25, -0.2) is 0 Å². The molecule has 2 rings (SSSR count). The van der Waals surface area contributed by atoms with Crippen molar-refractivity contribution in [1.82, 2.24) is 9.80 Å². The summed E-state index contributed by atoms with van der Waals surface area (Å²) in [5, 5.41) is 2.48. The van der Waals surface area contributed by atoms with Crippen LogP contribution in [0.3, 0.4) is 0 Å². The van der Waals surface area contributed by atoms with Gasteiger partial charge in [0.1, 0.15) is 0 Å². The zero-order valence-corrected chi connectivity index (χ0v) is 14.9. The van der Waals surface area contributed by atoms with Crippen LogP contribution < -0.4 is 0 Å². The molecule has 6 heteroatoms. The van der Waals surface area contributed by atoms with Crippen molar-refractivity contribution in [2.45, 2.75) is 13.0 Å². The van der Waals surface area contributed by atoms with Crippen LogP contribution in [0, 0.1) is 0 Å². The molecule has 0 fully saturated rings. The van der Waals surface area contributed by atoms with Crippen molar-refractivity contribution in [3.8, 4) is 0 Å². The van der Waals surface area contributed by atoms with Crippen LogP contribution in [0.25, 0.3) is 0 Å². The van der Waals surface area contributed by atoms with Gasteiger partial charge in [0.2, 0.25) is 5.91 Å². The van der Waals surface area contributed by atoms with E-state index in [1.807, 2.05) is 36.6 Å². The molecule has 0 radical (unpaired) electrons.